The van der Waals surface area contributed by atoms with Gasteiger partial charge >= 0.3 is 5.97 Å². The number of carboxylic acids is 1. The summed E-state index contributed by atoms with van der Waals surface area (Å²) in [5, 5.41) is 13.3. The normalized spacial score (nSPS) is 10.8. The fourth-order valence-corrected chi connectivity index (χ4v) is 2.49. The van der Waals surface area contributed by atoms with Crippen molar-refractivity contribution in [3.8, 4) is 0 Å². The molecule has 0 unspecified atom stereocenters. The standard InChI is InChI=1S/C17H21N3O3/c1-12(2)20-13(3)15(9-18-20)17(23)19(11-16(21)22)10-14-7-5-4-6-8-14/h4-9,12H,10-11H2,1-3H3,(H,21,22). The molecule has 2 rings (SSSR count). The lowest BCUT2D eigenvalue weighted by Gasteiger charge is -2.21. The Balaban J connectivity index is 2.28. The molecule has 0 saturated heterocycles. The van der Waals surface area contributed by atoms with Crippen molar-refractivity contribution in [3.63, 3.8) is 0 Å². The topological polar surface area (TPSA) is 75.4 Å². The molecule has 1 aromatic heterocycles. The number of aromatic nitrogens is 2. The quantitative estimate of drug-likeness (QED) is 0.888. The van der Waals surface area contributed by atoms with Crippen LogP contribution >= 0.6 is 0 Å². The third-order valence-electron chi connectivity index (χ3n) is 3.59. The van der Waals surface area contributed by atoms with Crippen molar-refractivity contribution in [1.82, 2.24) is 14.7 Å². The maximum absolute atomic E-state index is 12.8. The van der Waals surface area contributed by atoms with E-state index in [0.717, 1.165) is 11.3 Å². The predicted octanol–water partition coefficient (Wildman–Crippen LogP) is 2.50. The number of hydrogen-bond donors (Lipinski definition) is 1. The Morgan fingerprint density at radius 3 is 2.43 bits per heavy atom. The third-order valence-corrected chi connectivity index (χ3v) is 3.59. The Morgan fingerprint density at radius 1 is 1.26 bits per heavy atom. The first-order valence-electron chi connectivity index (χ1n) is 7.49. The van der Waals surface area contributed by atoms with Crippen LogP contribution in [0.2, 0.25) is 0 Å². The fourth-order valence-electron chi connectivity index (χ4n) is 2.49. The van der Waals surface area contributed by atoms with Gasteiger partial charge in [0.25, 0.3) is 5.91 Å². The first-order chi connectivity index (χ1) is 10.9. The highest BCUT2D eigenvalue weighted by Crippen LogP contribution is 2.16. The van der Waals surface area contributed by atoms with Gasteiger partial charge in [0.15, 0.2) is 0 Å². The Morgan fingerprint density at radius 2 is 1.91 bits per heavy atom. The van der Waals surface area contributed by atoms with Gasteiger partial charge in [-0.2, -0.15) is 5.10 Å². The lowest BCUT2D eigenvalue weighted by molar-refractivity contribution is -0.137. The second-order valence-electron chi connectivity index (χ2n) is 5.72. The lowest BCUT2D eigenvalue weighted by Crippen LogP contribution is -2.35. The van der Waals surface area contributed by atoms with E-state index in [2.05, 4.69) is 5.10 Å². The zero-order valence-electron chi connectivity index (χ0n) is 13.6. The van der Waals surface area contributed by atoms with Gasteiger partial charge in [0.05, 0.1) is 11.8 Å². The first-order valence-corrected chi connectivity index (χ1v) is 7.49. The molecule has 0 radical (unpaired) electrons. The zero-order chi connectivity index (χ0) is 17.0. The molecule has 0 aliphatic rings. The number of hydrogen-bond acceptors (Lipinski definition) is 3. The minimum Gasteiger partial charge on any atom is -0.480 e. The van der Waals surface area contributed by atoms with E-state index in [-0.39, 0.29) is 25.0 Å². The van der Waals surface area contributed by atoms with Gasteiger partial charge in [0, 0.05) is 18.3 Å². The molecule has 23 heavy (non-hydrogen) atoms. The van der Waals surface area contributed by atoms with Crippen molar-refractivity contribution in [2.24, 2.45) is 0 Å². The molecule has 6 heteroatoms. The number of aliphatic carboxylic acids is 1. The summed E-state index contributed by atoms with van der Waals surface area (Å²) in [7, 11) is 0. The van der Waals surface area contributed by atoms with E-state index in [4.69, 9.17) is 5.11 Å². The van der Waals surface area contributed by atoms with Crippen LogP contribution in [0.5, 0.6) is 0 Å². The van der Waals surface area contributed by atoms with Crippen molar-refractivity contribution in [2.45, 2.75) is 33.4 Å². The summed E-state index contributed by atoms with van der Waals surface area (Å²) in [6.07, 6.45) is 1.51. The average molecular weight is 315 g/mol. The Hall–Kier alpha value is -2.63. The minimum absolute atomic E-state index is 0.138. The smallest absolute Gasteiger partial charge is 0.323 e. The highest BCUT2D eigenvalue weighted by molar-refractivity contribution is 5.96. The number of carboxylic acid groups (broad SMARTS) is 1. The molecule has 1 aromatic carbocycles. The molecule has 0 atom stereocenters. The monoisotopic (exact) mass is 315 g/mol. The van der Waals surface area contributed by atoms with Crippen LogP contribution in [0.15, 0.2) is 36.5 Å². The van der Waals surface area contributed by atoms with Gasteiger partial charge in [-0.3, -0.25) is 14.3 Å². The van der Waals surface area contributed by atoms with E-state index in [1.807, 2.05) is 51.1 Å². The zero-order valence-corrected chi connectivity index (χ0v) is 13.6. The van der Waals surface area contributed by atoms with Crippen LogP contribution in [0.4, 0.5) is 0 Å². The lowest BCUT2D eigenvalue weighted by atomic mass is 10.1. The molecule has 0 fully saturated rings. The van der Waals surface area contributed by atoms with Crippen LogP contribution in [0.3, 0.4) is 0 Å². The summed E-state index contributed by atoms with van der Waals surface area (Å²) in [5.74, 6) is -1.36. The van der Waals surface area contributed by atoms with Crippen LogP contribution in [0.1, 0.15) is 41.5 Å². The van der Waals surface area contributed by atoms with Gasteiger partial charge in [-0.25, -0.2) is 0 Å². The Labute approximate surface area is 135 Å². The van der Waals surface area contributed by atoms with Gasteiger partial charge in [-0.15, -0.1) is 0 Å². The predicted molar refractivity (Wildman–Crippen MR) is 86.2 cm³/mol. The van der Waals surface area contributed by atoms with Crippen LogP contribution in [0.25, 0.3) is 0 Å². The first kappa shape index (κ1) is 16.7. The number of benzene rings is 1. The van der Waals surface area contributed by atoms with Crippen LogP contribution < -0.4 is 0 Å². The van der Waals surface area contributed by atoms with Crippen molar-refractivity contribution < 1.29 is 14.7 Å². The van der Waals surface area contributed by atoms with Gasteiger partial charge in [0.1, 0.15) is 6.54 Å². The van der Waals surface area contributed by atoms with E-state index in [1.54, 1.807) is 4.68 Å². The molecule has 1 N–H and O–H groups in total. The molecule has 1 amide bonds. The molecular weight excluding hydrogens is 294 g/mol. The number of nitrogens with zero attached hydrogens (tertiary/aromatic N) is 3. The molecule has 2 aromatic rings. The van der Waals surface area contributed by atoms with Gasteiger partial charge < -0.3 is 10.0 Å². The van der Waals surface area contributed by atoms with Crippen LogP contribution in [-0.2, 0) is 11.3 Å². The van der Waals surface area contributed by atoms with E-state index >= 15 is 0 Å². The summed E-state index contributed by atoms with van der Waals surface area (Å²) in [6.45, 7) is 5.68. The molecule has 0 spiro atoms. The highest BCUT2D eigenvalue weighted by atomic mass is 16.4. The summed E-state index contributed by atoms with van der Waals surface area (Å²) in [6, 6.07) is 9.48. The number of carbonyl (C=O) groups is 2. The SMILES string of the molecule is Cc1c(C(=O)N(CC(=O)O)Cc2ccccc2)cnn1C(C)C. The van der Waals surface area contributed by atoms with Crippen LogP contribution in [0, 0.1) is 6.92 Å². The maximum atomic E-state index is 12.8. The van der Waals surface area contributed by atoms with Gasteiger partial charge in [-0.1, -0.05) is 30.3 Å². The number of rotatable bonds is 6. The Kier molecular flexibility index (Phi) is 5.16. The summed E-state index contributed by atoms with van der Waals surface area (Å²) >= 11 is 0. The van der Waals surface area contributed by atoms with Gasteiger partial charge in [0.2, 0.25) is 0 Å². The second-order valence-corrected chi connectivity index (χ2v) is 5.72. The molecule has 0 aliphatic carbocycles. The molecule has 1 heterocycles. The molecule has 0 saturated carbocycles. The van der Waals surface area contributed by atoms with E-state index in [9.17, 15) is 9.59 Å². The second kappa shape index (κ2) is 7.09. The van der Waals surface area contributed by atoms with Crippen molar-refractivity contribution in [2.75, 3.05) is 6.54 Å². The number of amides is 1. The molecular formula is C17H21N3O3. The third kappa shape index (κ3) is 3.97. The van der Waals surface area contributed by atoms with Crippen molar-refractivity contribution >= 4 is 11.9 Å². The molecule has 0 bridgehead atoms. The van der Waals surface area contributed by atoms with E-state index < -0.39 is 5.97 Å². The van der Waals surface area contributed by atoms with Gasteiger partial charge in [-0.05, 0) is 26.3 Å². The summed E-state index contributed by atoms with van der Waals surface area (Å²) in [5.41, 5.74) is 2.07. The summed E-state index contributed by atoms with van der Waals surface area (Å²) in [4.78, 5) is 25.2. The Bertz CT molecular complexity index is 692. The fraction of sp³-hybridized carbons (Fsp3) is 0.353. The highest BCUT2D eigenvalue weighted by Gasteiger charge is 2.23. The molecule has 122 valence electrons. The maximum Gasteiger partial charge on any atom is 0.323 e. The molecule has 0 aliphatic heterocycles. The van der Waals surface area contributed by atoms with E-state index in [1.165, 1.54) is 11.1 Å². The summed E-state index contributed by atoms with van der Waals surface area (Å²) < 4.78 is 1.76. The van der Waals surface area contributed by atoms with Crippen molar-refractivity contribution in [3.05, 3.63) is 53.3 Å². The largest absolute Gasteiger partial charge is 0.480 e. The molecule has 6 nitrogen and oxygen atoms in total. The van der Waals surface area contributed by atoms with Crippen molar-refractivity contribution in [1.29, 1.82) is 0 Å². The van der Waals surface area contributed by atoms with E-state index in [0.29, 0.717) is 5.56 Å². The van der Waals surface area contributed by atoms with Crippen LogP contribution in [-0.4, -0.2) is 38.2 Å². The minimum atomic E-state index is -1.04. The number of carbonyl (C=O) groups excluding carboxylic acids is 1. The average Bonchev–Trinajstić information content (AvgIpc) is 2.88.